The average molecular weight is 227 g/mol. The average Bonchev–Trinajstić information content (AvgIpc) is 2.46. The summed E-state index contributed by atoms with van der Waals surface area (Å²) in [5.41, 5.74) is 6.90. The van der Waals surface area contributed by atoms with Crippen LogP contribution in [-0.4, -0.2) is 16.1 Å². The van der Waals surface area contributed by atoms with Crippen molar-refractivity contribution in [1.82, 2.24) is 4.98 Å². The van der Waals surface area contributed by atoms with Crippen molar-refractivity contribution in [3.8, 4) is 0 Å². The molecule has 0 aliphatic rings. The maximum absolute atomic E-state index is 10.4. The fraction of sp³-hybridized carbons (Fsp3) is 0.111. The number of carboxylic acids is 1. The summed E-state index contributed by atoms with van der Waals surface area (Å²) >= 11 is 5.77. The van der Waals surface area contributed by atoms with E-state index < -0.39 is 5.97 Å². The number of carboxylic acid groups (broad SMARTS) is 1. The molecule has 0 bridgehead atoms. The summed E-state index contributed by atoms with van der Waals surface area (Å²) in [6.45, 7) is 0. The van der Waals surface area contributed by atoms with E-state index in [4.69, 9.17) is 26.9 Å². The summed E-state index contributed by atoms with van der Waals surface area (Å²) < 4.78 is 5.18. The van der Waals surface area contributed by atoms with E-state index in [-0.39, 0.29) is 12.3 Å². The van der Waals surface area contributed by atoms with Crippen molar-refractivity contribution >= 4 is 34.4 Å². The van der Waals surface area contributed by atoms with Crippen LogP contribution >= 0.6 is 11.6 Å². The molecule has 0 aliphatic heterocycles. The van der Waals surface area contributed by atoms with Crippen LogP contribution in [0.1, 0.15) is 5.89 Å². The molecular weight excluding hydrogens is 220 g/mol. The SMILES string of the molecule is Nc1cc2nc(CC(=O)O)oc2cc1Cl. The van der Waals surface area contributed by atoms with E-state index in [1.807, 2.05) is 0 Å². The van der Waals surface area contributed by atoms with Crippen LogP contribution in [0.5, 0.6) is 0 Å². The van der Waals surface area contributed by atoms with Crippen LogP contribution < -0.4 is 5.73 Å². The normalized spacial score (nSPS) is 10.7. The summed E-state index contributed by atoms with van der Waals surface area (Å²) in [6, 6.07) is 3.07. The smallest absolute Gasteiger partial charge is 0.312 e. The summed E-state index contributed by atoms with van der Waals surface area (Å²) in [4.78, 5) is 14.4. The first-order valence-corrected chi connectivity index (χ1v) is 4.50. The maximum Gasteiger partial charge on any atom is 0.312 e. The number of anilines is 1. The zero-order chi connectivity index (χ0) is 11.0. The Morgan fingerprint density at radius 1 is 1.60 bits per heavy atom. The third kappa shape index (κ3) is 1.87. The number of nitrogens with two attached hydrogens (primary N) is 1. The second-order valence-electron chi connectivity index (χ2n) is 3.02. The summed E-state index contributed by atoms with van der Waals surface area (Å²) in [7, 11) is 0. The molecule has 0 saturated carbocycles. The highest BCUT2D eigenvalue weighted by Gasteiger charge is 2.11. The Morgan fingerprint density at radius 2 is 2.33 bits per heavy atom. The van der Waals surface area contributed by atoms with Gasteiger partial charge in [-0.25, -0.2) is 4.98 Å². The molecule has 0 unspecified atom stereocenters. The van der Waals surface area contributed by atoms with Gasteiger partial charge < -0.3 is 15.3 Å². The summed E-state index contributed by atoms with van der Waals surface area (Å²) in [5.74, 6) is -0.861. The molecular formula is C9H7ClN2O3. The number of carbonyl (C=O) groups is 1. The Hall–Kier alpha value is -1.75. The molecule has 2 rings (SSSR count). The van der Waals surface area contributed by atoms with Gasteiger partial charge in [0, 0.05) is 6.07 Å². The molecule has 0 spiro atoms. The number of oxazole rings is 1. The number of hydrogen-bond donors (Lipinski definition) is 2. The van der Waals surface area contributed by atoms with Gasteiger partial charge in [0.05, 0.1) is 10.7 Å². The van der Waals surface area contributed by atoms with Gasteiger partial charge in [-0.2, -0.15) is 0 Å². The number of nitrogens with zero attached hydrogens (tertiary/aromatic N) is 1. The van der Waals surface area contributed by atoms with Gasteiger partial charge in [0.1, 0.15) is 11.9 Å². The lowest BCUT2D eigenvalue weighted by molar-refractivity contribution is -0.136. The van der Waals surface area contributed by atoms with Crippen molar-refractivity contribution in [3.63, 3.8) is 0 Å². The highest BCUT2D eigenvalue weighted by molar-refractivity contribution is 6.33. The quantitative estimate of drug-likeness (QED) is 0.761. The number of fused-ring (bicyclic) bond motifs is 1. The van der Waals surface area contributed by atoms with Crippen molar-refractivity contribution in [2.45, 2.75) is 6.42 Å². The Kier molecular flexibility index (Phi) is 2.24. The minimum atomic E-state index is -0.999. The molecule has 1 aromatic carbocycles. The van der Waals surface area contributed by atoms with E-state index in [9.17, 15) is 4.79 Å². The van der Waals surface area contributed by atoms with Gasteiger partial charge in [-0.1, -0.05) is 11.6 Å². The Balaban J connectivity index is 2.51. The van der Waals surface area contributed by atoms with Crippen molar-refractivity contribution in [2.24, 2.45) is 0 Å². The lowest BCUT2D eigenvalue weighted by Crippen LogP contribution is -1.99. The first-order chi connectivity index (χ1) is 7.06. The lowest BCUT2D eigenvalue weighted by Gasteiger charge is -1.94. The molecule has 3 N–H and O–H groups in total. The molecule has 78 valence electrons. The third-order valence-corrected chi connectivity index (χ3v) is 2.18. The Morgan fingerprint density at radius 3 is 3.00 bits per heavy atom. The minimum absolute atomic E-state index is 0.138. The molecule has 0 saturated heterocycles. The summed E-state index contributed by atoms with van der Waals surface area (Å²) in [5, 5.41) is 8.91. The first-order valence-electron chi connectivity index (χ1n) is 4.12. The topological polar surface area (TPSA) is 89.3 Å². The van der Waals surface area contributed by atoms with E-state index in [0.717, 1.165) is 0 Å². The molecule has 2 aromatic rings. The van der Waals surface area contributed by atoms with Crippen molar-refractivity contribution in [3.05, 3.63) is 23.0 Å². The number of aliphatic carboxylic acids is 1. The molecule has 0 aliphatic carbocycles. The second-order valence-corrected chi connectivity index (χ2v) is 3.43. The van der Waals surface area contributed by atoms with Crippen LogP contribution in [0.15, 0.2) is 16.5 Å². The Bertz CT molecular complexity index is 496. The second kappa shape index (κ2) is 3.43. The van der Waals surface area contributed by atoms with E-state index >= 15 is 0 Å². The molecule has 1 heterocycles. The standard InChI is InChI=1S/C9H7ClN2O3/c10-4-1-7-6(2-5(4)11)12-8(15-7)3-9(13)14/h1-2H,3,11H2,(H,13,14). The largest absolute Gasteiger partial charge is 0.481 e. The highest BCUT2D eigenvalue weighted by Crippen LogP contribution is 2.26. The first kappa shape index (κ1) is 9.79. The number of benzene rings is 1. The predicted molar refractivity (Wildman–Crippen MR) is 54.8 cm³/mol. The van der Waals surface area contributed by atoms with Crippen molar-refractivity contribution in [2.75, 3.05) is 5.73 Å². The molecule has 15 heavy (non-hydrogen) atoms. The van der Waals surface area contributed by atoms with Crippen LogP contribution in [0.25, 0.3) is 11.1 Å². The number of nitrogen functional groups attached to an aromatic ring is 1. The maximum atomic E-state index is 10.4. The third-order valence-electron chi connectivity index (χ3n) is 1.85. The fourth-order valence-electron chi connectivity index (χ4n) is 1.22. The van der Waals surface area contributed by atoms with Gasteiger partial charge in [-0.15, -0.1) is 0 Å². The predicted octanol–water partition coefficient (Wildman–Crippen LogP) is 1.69. The zero-order valence-corrected chi connectivity index (χ0v) is 8.28. The van der Waals surface area contributed by atoms with Crippen LogP contribution in [0.3, 0.4) is 0 Å². The minimum Gasteiger partial charge on any atom is -0.481 e. The fourth-order valence-corrected chi connectivity index (χ4v) is 1.37. The van der Waals surface area contributed by atoms with Gasteiger partial charge in [0.25, 0.3) is 0 Å². The van der Waals surface area contributed by atoms with Gasteiger partial charge >= 0.3 is 5.97 Å². The number of aromatic nitrogens is 1. The van der Waals surface area contributed by atoms with Gasteiger partial charge in [0.15, 0.2) is 5.58 Å². The zero-order valence-electron chi connectivity index (χ0n) is 7.53. The monoisotopic (exact) mass is 226 g/mol. The van der Waals surface area contributed by atoms with Crippen molar-refractivity contribution < 1.29 is 14.3 Å². The molecule has 0 atom stereocenters. The lowest BCUT2D eigenvalue weighted by atomic mass is 10.3. The molecule has 0 radical (unpaired) electrons. The molecule has 1 aromatic heterocycles. The van der Waals surface area contributed by atoms with Gasteiger partial charge in [-0.3, -0.25) is 4.79 Å². The van der Waals surface area contributed by atoms with Gasteiger partial charge in [-0.05, 0) is 6.07 Å². The van der Waals surface area contributed by atoms with Gasteiger partial charge in [0.2, 0.25) is 5.89 Å². The van der Waals surface area contributed by atoms with Crippen LogP contribution in [0, 0.1) is 0 Å². The van der Waals surface area contributed by atoms with E-state index in [2.05, 4.69) is 4.98 Å². The van der Waals surface area contributed by atoms with E-state index in [1.165, 1.54) is 6.07 Å². The summed E-state index contributed by atoms with van der Waals surface area (Å²) in [6.07, 6.45) is -0.258. The molecule has 6 heteroatoms. The molecule has 0 amide bonds. The van der Waals surface area contributed by atoms with Crippen LogP contribution in [0.4, 0.5) is 5.69 Å². The van der Waals surface area contributed by atoms with Crippen LogP contribution in [-0.2, 0) is 11.2 Å². The molecule has 5 nitrogen and oxygen atoms in total. The highest BCUT2D eigenvalue weighted by atomic mass is 35.5. The van der Waals surface area contributed by atoms with Crippen LogP contribution in [0.2, 0.25) is 5.02 Å². The van der Waals surface area contributed by atoms with Crippen molar-refractivity contribution in [1.29, 1.82) is 0 Å². The van der Waals surface area contributed by atoms with E-state index in [0.29, 0.717) is 21.8 Å². The van der Waals surface area contributed by atoms with E-state index in [1.54, 1.807) is 6.07 Å². The number of hydrogen-bond acceptors (Lipinski definition) is 4. The number of halogens is 1. The molecule has 0 fully saturated rings. The number of rotatable bonds is 2. The Labute approximate surface area is 89.5 Å².